The van der Waals surface area contributed by atoms with Gasteiger partial charge in [-0.3, -0.25) is 21.1 Å². The molecule has 7 heteroatoms. The maximum absolute atomic E-state index is 13.1. The summed E-state index contributed by atoms with van der Waals surface area (Å²) in [6.45, 7) is 4.19. The molecule has 2 aliphatic heterocycles. The summed E-state index contributed by atoms with van der Waals surface area (Å²) in [6.07, 6.45) is 0.919. The van der Waals surface area contributed by atoms with Gasteiger partial charge in [-0.15, -0.1) is 0 Å². The lowest BCUT2D eigenvalue weighted by atomic mass is 9.93. The summed E-state index contributed by atoms with van der Waals surface area (Å²) in [5.41, 5.74) is 13.7. The largest absolute Gasteiger partial charge is 0.345 e. The van der Waals surface area contributed by atoms with E-state index in [0.717, 1.165) is 18.5 Å². The van der Waals surface area contributed by atoms with Crippen molar-refractivity contribution in [2.75, 3.05) is 26.7 Å². The predicted molar refractivity (Wildman–Crippen MR) is 90.1 cm³/mol. The fraction of sp³-hybridized carbons (Fsp3) is 0.588. The van der Waals surface area contributed by atoms with Crippen molar-refractivity contribution < 1.29 is 9.18 Å². The number of nitrogens with one attached hydrogen (secondary N) is 4. The van der Waals surface area contributed by atoms with Crippen LogP contribution in [0.25, 0.3) is 0 Å². The zero-order valence-corrected chi connectivity index (χ0v) is 14.2. The van der Waals surface area contributed by atoms with Crippen LogP contribution in [0.3, 0.4) is 0 Å². The lowest BCUT2D eigenvalue weighted by Crippen LogP contribution is -2.42. The van der Waals surface area contributed by atoms with E-state index in [1.54, 1.807) is 12.1 Å². The monoisotopic (exact) mass is 335 g/mol. The zero-order chi connectivity index (χ0) is 17.1. The number of carbonyl (C=O) groups excluding carboxylic acids is 1. The normalized spacial score (nSPS) is 29.8. The number of hydrogen-bond acceptors (Lipinski definition) is 5. The summed E-state index contributed by atoms with van der Waals surface area (Å²) in [5, 5.41) is 0. The Balaban J connectivity index is 1.63. The van der Waals surface area contributed by atoms with Crippen molar-refractivity contribution in [1.29, 1.82) is 0 Å². The molecule has 6 nitrogen and oxygen atoms in total. The average Bonchev–Trinajstić information content (AvgIpc) is 3.23. The number of carbonyl (C=O) groups is 1. The van der Waals surface area contributed by atoms with E-state index in [1.807, 2.05) is 11.9 Å². The molecule has 0 radical (unpaired) electrons. The molecule has 0 saturated carbocycles. The van der Waals surface area contributed by atoms with E-state index >= 15 is 0 Å². The third kappa shape index (κ3) is 3.59. The fourth-order valence-corrected chi connectivity index (χ4v) is 3.64. The molecular formula is C17H26FN5O. The van der Waals surface area contributed by atoms with Crippen LogP contribution in [0.5, 0.6) is 0 Å². The van der Waals surface area contributed by atoms with Gasteiger partial charge in [0.1, 0.15) is 5.82 Å². The first-order valence-electron chi connectivity index (χ1n) is 8.57. The molecule has 4 unspecified atom stereocenters. The highest BCUT2D eigenvalue weighted by Gasteiger charge is 2.36. The van der Waals surface area contributed by atoms with Crippen LogP contribution in [-0.2, 0) is 4.79 Å². The molecule has 4 N–H and O–H groups in total. The minimum atomic E-state index is -0.236. The zero-order valence-electron chi connectivity index (χ0n) is 14.2. The Morgan fingerprint density at radius 1 is 1.21 bits per heavy atom. The van der Waals surface area contributed by atoms with Crippen molar-refractivity contribution in [3.8, 4) is 0 Å². The maximum Gasteiger partial charge on any atom is 0.228 e. The Hall–Kier alpha value is -1.54. The van der Waals surface area contributed by atoms with Crippen LogP contribution in [0.1, 0.15) is 24.9 Å². The summed E-state index contributed by atoms with van der Waals surface area (Å²) in [5.74, 6) is 0.155. The van der Waals surface area contributed by atoms with Gasteiger partial charge in [0.25, 0.3) is 0 Å². The van der Waals surface area contributed by atoms with Gasteiger partial charge in [0.05, 0.1) is 12.0 Å². The highest BCUT2D eigenvalue weighted by Crippen LogP contribution is 2.26. The van der Waals surface area contributed by atoms with E-state index < -0.39 is 0 Å². The molecule has 2 saturated heterocycles. The predicted octanol–water partition coefficient (Wildman–Crippen LogP) is 0.552. The van der Waals surface area contributed by atoms with Gasteiger partial charge in [0, 0.05) is 38.6 Å². The molecule has 3 rings (SSSR count). The summed E-state index contributed by atoms with van der Waals surface area (Å²) in [6, 6.07) is 6.81. The summed E-state index contributed by atoms with van der Waals surface area (Å²) >= 11 is 0. The molecule has 4 atom stereocenters. The first kappa shape index (κ1) is 17.3. The Bertz CT molecular complexity index is 567. The van der Waals surface area contributed by atoms with Gasteiger partial charge in [0.2, 0.25) is 5.91 Å². The highest BCUT2D eigenvalue weighted by molar-refractivity contribution is 5.80. The summed E-state index contributed by atoms with van der Waals surface area (Å²) in [4.78, 5) is 14.6. The van der Waals surface area contributed by atoms with Crippen LogP contribution in [0.15, 0.2) is 24.3 Å². The molecule has 0 aliphatic carbocycles. The smallest absolute Gasteiger partial charge is 0.228 e. The van der Waals surface area contributed by atoms with Gasteiger partial charge < -0.3 is 4.90 Å². The second-order valence-electron chi connectivity index (χ2n) is 6.68. The van der Waals surface area contributed by atoms with E-state index in [4.69, 9.17) is 0 Å². The number of rotatable bonds is 5. The Morgan fingerprint density at radius 2 is 1.92 bits per heavy atom. The third-order valence-electron chi connectivity index (χ3n) is 5.06. The number of halogens is 1. The molecule has 1 aromatic carbocycles. The van der Waals surface area contributed by atoms with Crippen LogP contribution >= 0.6 is 0 Å². The molecule has 2 fully saturated rings. The van der Waals surface area contributed by atoms with Gasteiger partial charge in [0.15, 0.2) is 0 Å². The van der Waals surface area contributed by atoms with Gasteiger partial charge in [-0.2, -0.15) is 0 Å². The quantitative estimate of drug-likeness (QED) is 0.633. The topological polar surface area (TPSA) is 68.4 Å². The minimum absolute atomic E-state index is 0.0217. The van der Waals surface area contributed by atoms with Crippen molar-refractivity contribution in [3.63, 3.8) is 0 Å². The lowest BCUT2D eigenvalue weighted by Gasteiger charge is -2.28. The van der Waals surface area contributed by atoms with E-state index in [-0.39, 0.29) is 35.6 Å². The minimum Gasteiger partial charge on any atom is -0.345 e. The van der Waals surface area contributed by atoms with Crippen LogP contribution in [0.4, 0.5) is 4.39 Å². The lowest BCUT2D eigenvalue weighted by molar-refractivity contribution is -0.134. The van der Waals surface area contributed by atoms with E-state index in [0.29, 0.717) is 13.1 Å². The Labute approximate surface area is 142 Å². The SMILES string of the molecule is CCC1NNCC1C(=O)N(C)CC1CNNC1c1ccc(F)cc1. The van der Waals surface area contributed by atoms with Gasteiger partial charge >= 0.3 is 0 Å². The molecule has 2 heterocycles. The van der Waals surface area contributed by atoms with Crippen LogP contribution < -0.4 is 21.7 Å². The number of nitrogens with zero attached hydrogens (tertiary/aromatic N) is 1. The standard InChI is InChI=1S/C17H26FN5O/c1-3-15-14(9-20-21-15)17(24)23(2)10-12-8-19-22-16(12)11-4-6-13(18)7-5-11/h4-7,12,14-16,19-22H,3,8-10H2,1-2H3. The van der Waals surface area contributed by atoms with Gasteiger partial charge in [-0.25, -0.2) is 9.82 Å². The Kier molecular flexibility index (Phi) is 5.45. The molecule has 1 aromatic rings. The van der Waals surface area contributed by atoms with Crippen molar-refractivity contribution in [3.05, 3.63) is 35.6 Å². The van der Waals surface area contributed by atoms with Gasteiger partial charge in [-0.05, 0) is 24.1 Å². The Morgan fingerprint density at radius 3 is 2.62 bits per heavy atom. The average molecular weight is 335 g/mol. The first-order valence-corrected chi connectivity index (χ1v) is 8.57. The van der Waals surface area contributed by atoms with E-state index in [1.165, 1.54) is 12.1 Å². The van der Waals surface area contributed by atoms with Crippen molar-refractivity contribution in [2.24, 2.45) is 11.8 Å². The fourth-order valence-electron chi connectivity index (χ4n) is 3.64. The summed E-state index contributed by atoms with van der Waals surface area (Å²) in [7, 11) is 1.87. The van der Waals surface area contributed by atoms with Crippen LogP contribution in [0.2, 0.25) is 0 Å². The number of amides is 1. The molecule has 132 valence electrons. The number of hydrogen-bond donors (Lipinski definition) is 4. The highest BCUT2D eigenvalue weighted by atomic mass is 19.1. The number of hydrazine groups is 2. The van der Waals surface area contributed by atoms with Crippen LogP contribution in [-0.4, -0.2) is 43.5 Å². The second kappa shape index (κ2) is 7.57. The van der Waals surface area contributed by atoms with E-state index in [2.05, 4.69) is 28.6 Å². The van der Waals surface area contributed by atoms with Crippen molar-refractivity contribution in [2.45, 2.75) is 25.4 Å². The van der Waals surface area contributed by atoms with Crippen molar-refractivity contribution >= 4 is 5.91 Å². The molecule has 0 spiro atoms. The maximum atomic E-state index is 13.1. The molecule has 0 aromatic heterocycles. The third-order valence-corrected chi connectivity index (χ3v) is 5.06. The molecule has 24 heavy (non-hydrogen) atoms. The molecule has 1 amide bonds. The van der Waals surface area contributed by atoms with Crippen molar-refractivity contribution in [1.82, 2.24) is 26.6 Å². The molecule has 2 aliphatic rings. The first-order chi connectivity index (χ1) is 11.6. The second-order valence-corrected chi connectivity index (χ2v) is 6.68. The molecule has 0 bridgehead atoms. The van der Waals surface area contributed by atoms with Crippen LogP contribution in [0, 0.1) is 17.7 Å². The molecular weight excluding hydrogens is 309 g/mol. The summed E-state index contributed by atoms with van der Waals surface area (Å²) < 4.78 is 13.1. The van der Waals surface area contributed by atoms with Gasteiger partial charge in [-0.1, -0.05) is 19.1 Å². The van der Waals surface area contributed by atoms with E-state index in [9.17, 15) is 9.18 Å². The number of benzene rings is 1.